The van der Waals surface area contributed by atoms with E-state index in [0.29, 0.717) is 6.42 Å². The summed E-state index contributed by atoms with van der Waals surface area (Å²) in [5.74, 6) is 0.266. The van der Waals surface area contributed by atoms with Gasteiger partial charge in [0.2, 0.25) is 5.91 Å². The van der Waals surface area contributed by atoms with Gasteiger partial charge in [-0.05, 0) is 47.9 Å². The van der Waals surface area contributed by atoms with Crippen molar-refractivity contribution in [3.8, 4) is 0 Å². The van der Waals surface area contributed by atoms with Crippen LogP contribution in [0.25, 0.3) is 0 Å². The first-order valence-electron chi connectivity index (χ1n) is 7.54. The summed E-state index contributed by atoms with van der Waals surface area (Å²) in [6.45, 7) is 3.02. The van der Waals surface area contributed by atoms with Crippen LogP contribution in [0.15, 0.2) is 36.0 Å². The Bertz CT molecular complexity index is 608. The van der Waals surface area contributed by atoms with Gasteiger partial charge in [0.05, 0.1) is 6.04 Å². The first-order chi connectivity index (χ1) is 10.3. The zero-order valence-electron chi connectivity index (χ0n) is 12.3. The number of rotatable bonds is 4. The molecule has 1 amide bonds. The molecule has 3 rings (SSSR count). The number of thiophene rings is 1. The number of carbonyl (C=O) groups excluding carboxylic acids is 1. The maximum atomic E-state index is 12.6. The third-order valence-electron chi connectivity index (χ3n) is 4.15. The minimum absolute atomic E-state index is 0.265. The van der Waals surface area contributed by atoms with Gasteiger partial charge in [0.1, 0.15) is 0 Å². The van der Waals surface area contributed by atoms with E-state index in [-0.39, 0.29) is 11.9 Å². The van der Waals surface area contributed by atoms with Gasteiger partial charge in [-0.3, -0.25) is 9.78 Å². The number of aryl methyl sites for hydroxylation is 1. The van der Waals surface area contributed by atoms with E-state index in [9.17, 15) is 4.79 Å². The molecule has 4 heteroatoms. The molecule has 0 radical (unpaired) electrons. The molecule has 1 aliphatic rings. The van der Waals surface area contributed by atoms with Crippen LogP contribution in [0.2, 0.25) is 0 Å². The van der Waals surface area contributed by atoms with E-state index in [2.05, 4.69) is 28.3 Å². The van der Waals surface area contributed by atoms with Crippen LogP contribution in [-0.2, 0) is 17.6 Å². The fourth-order valence-corrected chi connectivity index (χ4v) is 4.00. The normalized spacial score (nSPS) is 17.6. The summed E-state index contributed by atoms with van der Waals surface area (Å²) >= 11 is 1.82. The Morgan fingerprint density at radius 1 is 1.48 bits per heavy atom. The predicted octanol–water partition coefficient (Wildman–Crippen LogP) is 3.61. The average Bonchev–Trinajstić information content (AvgIpc) is 3.01. The molecule has 1 aliphatic heterocycles. The lowest BCUT2D eigenvalue weighted by Gasteiger charge is -2.35. The summed E-state index contributed by atoms with van der Waals surface area (Å²) in [7, 11) is 0. The second-order valence-electron chi connectivity index (χ2n) is 5.42. The topological polar surface area (TPSA) is 33.2 Å². The number of nitrogens with zero attached hydrogens (tertiary/aromatic N) is 2. The molecule has 0 N–H and O–H groups in total. The van der Waals surface area contributed by atoms with Crippen LogP contribution in [0.4, 0.5) is 0 Å². The molecule has 1 unspecified atom stereocenters. The van der Waals surface area contributed by atoms with Crippen LogP contribution in [0.5, 0.6) is 0 Å². The molecule has 110 valence electrons. The Morgan fingerprint density at radius 3 is 3.14 bits per heavy atom. The molecule has 1 atom stereocenters. The van der Waals surface area contributed by atoms with Gasteiger partial charge in [0.15, 0.2) is 0 Å². The fraction of sp³-hybridized carbons (Fsp3) is 0.412. The van der Waals surface area contributed by atoms with Gasteiger partial charge in [-0.2, -0.15) is 0 Å². The van der Waals surface area contributed by atoms with E-state index in [0.717, 1.165) is 31.4 Å². The number of fused-ring (bicyclic) bond motifs is 1. The highest BCUT2D eigenvalue weighted by molar-refractivity contribution is 7.10. The zero-order chi connectivity index (χ0) is 14.7. The molecule has 0 spiro atoms. The Balaban J connectivity index is 1.67. The number of pyridine rings is 1. The average molecular weight is 300 g/mol. The van der Waals surface area contributed by atoms with Crippen LogP contribution < -0.4 is 0 Å². The second-order valence-corrected chi connectivity index (χ2v) is 6.42. The standard InChI is InChI=1S/C17H20N2OS/c1-2-15-14-8-11-21-16(14)7-10-19(15)17(20)6-5-13-4-3-9-18-12-13/h3-4,8-9,11-12,15H,2,5-7,10H2,1H3. The first-order valence-corrected chi connectivity index (χ1v) is 8.42. The Morgan fingerprint density at radius 2 is 2.38 bits per heavy atom. The summed E-state index contributed by atoms with van der Waals surface area (Å²) < 4.78 is 0. The minimum atomic E-state index is 0.265. The van der Waals surface area contributed by atoms with E-state index >= 15 is 0 Å². The number of aromatic nitrogens is 1. The molecule has 3 nitrogen and oxygen atoms in total. The summed E-state index contributed by atoms with van der Waals surface area (Å²) in [6, 6.07) is 6.41. The van der Waals surface area contributed by atoms with Crippen molar-refractivity contribution in [2.24, 2.45) is 0 Å². The maximum Gasteiger partial charge on any atom is 0.223 e. The molecule has 0 bridgehead atoms. The molecule has 2 aromatic rings. The Labute approximate surface area is 129 Å². The van der Waals surface area contributed by atoms with Gasteiger partial charge >= 0.3 is 0 Å². The van der Waals surface area contributed by atoms with Gasteiger partial charge < -0.3 is 4.90 Å². The molecule has 0 aliphatic carbocycles. The molecule has 21 heavy (non-hydrogen) atoms. The van der Waals surface area contributed by atoms with Crippen molar-refractivity contribution in [1.82, 2.24) is 9.88 Å². The molecule has 0 saturated carbocycles. The monoisotopic (exact) mass is 300 g/mol. The van der Waals surface area contributed by atoms with Crippen molar-refractivity contribution in [3.05, 3.63) is 52.0 Å². The summed E-state index contributed by atoms with van der Waals surface area (Å²) in [4.78, 5) is 20.2. The van der Waals surface area contributed by atoms with Crippen molar-refractivity contribution >= 4 is 17.2 Å². The highest BCUT2D eigenvalue weighted by Crippen LogP contribution is 2.35. The van der Waals surface area contributed by atoms with Crippen molar-refractivity contribution < 1.29 is 4.79 Å². The van der Waals surface area contributed by atoms with Crippen molar-refractivity contribution in [2.75, 3.05) is 6.54 Å². The summed E-state index contributed by atoms with van der Waals surface area (Å²) in [5.41, 5.74) is 2.50. The zero-order valence-corrected chi connectivity index (χ0v) is 13.1. The Kier molecular flexibility index (Phi) is 4.34. The number of amides is 1. The van der Waals surface area contributed by atoms with Crippen LogP contribution in [-0.4, -0.2) is 22.3 Å². The number of carbonyl (C=O) groups is 1. The van der Waals surface area contributed by atoms with Crippen LogP contribution in [0, 0.1) is 0 Å². The largest absolute Gasteiger partial charge is 0.335 e. The highest BCUT2D eigenvalue weighted by atomic mass is 32.1. The molecule has 0 saturated heterocycles. The molecule has 3 heterocycles. The van der Waals surface area contributed by atoms with E-state index < -0.39 is 0 Å². The van der Waals surface area contributed by atoms with Crippen molar-refractivity contribution in [3.63, 3.8) is 0 Å². The first kappa shape index (κ1) is 14.3. The SMILES string of the molecule is CCC1c2ccsc2CCN1C(=O)CCc1cccnc1. The van der Waals surface area contributed by atoms with E-state index in [1.54, 1.807) is 6.20 Å². The third kappa shape index (κ3) is 3.00. The maximum absolute atomic E-state index is 12.6. The number of hydrogen-bond acceptors (Lipinski definition) is 3. The lowest BCUT2D eigenvalue weighted by molar-refractivity contribution is -0.134. The lowest BCUT2D eigenvalue weighted by Crippen LogP contribution is -2.39. The van der Waals surface area contributed by atoms with E-state index in [1.807, 2.05) is 29.7 Å². The van der Waals surface area contributed by atoms with Crippen molar-refractivity contribution in [2.45, 2.75) is 38.6 Å². The molecule has 0 aromatic carbocycles. The molecular formula is C17H20N2OS. The summed E-state index contributed by atoms with van der Waals surface area (Å²) in [5, 5.41) is 2.15. The Hall–Kier alpha value is -1.68. The van der Waals surface area contributed by atoms with E-state index in [1.165, 1.54) is 10.4 Å². The number of hydrogen-bond donors (Lipinski definition) is 0. The second kappa shape index (κ2) is 6.39. The molecule has 2 aromatic heterocycles. The van der Waals surface area contributed by atoms with Gasteiger partial charge in [-0.25, -0.2) is 0 Å². The van der Waals surface area contributed by atoms with Crippen LogP contribution in [0.3, 0.4) is 0 Å². The smallest absolute Gasteiger partial charge is 0.223 e. The fourth-order valence-electron chi connectivity index (χ4n) is 3.08. The molecular weight excluding hydrogens is 280 g/mol. The highest BCUT2D eigenvalue weighted by Gasteiger charge is 2.29. The van der Waals surface area contributed by atoms with Crippen LogP contribution in [0.1, 0.15) is 41.8 Å². The van der Waals surface area contributed by atoms with Gasteiger partial charge in [-0.15, -0.1) is 11.3 Å². The third-order valence-corrected chi connectivity index (χ3v) is 5.15. The lowest BCUT2D eigenvalue weighted by atomic mass is 9.97. The van der Waals surface area contributed by atoms with Gasteiger partial charge in [0.25, 0.3) is 0 Å². The quantitative estimate of drug-likeness (QED) is 0.864. The minimum Gasteiger partial charge on any atom is -0.335 e. The summed E-state index contributed by atoms with van der Waals surface area (Å²) in [6.07, 6.45) is 6.95. The van der Waals surface area contributed by atoms with Crippen LogP contribution >= 0.6 is 11.3 Å². The van der Waals surface area contributed by atoms with Gasteiger partial charge in [0, 0.05) is 30.2 Å². The van der Waals surface area contributed by atoms with Gasteiger partial charge in [-0.1, -0.05) is 13.0 Å². The molecule has 0 fully saturated rings. The van der Waals surface area contributed by atoms with E-state index in [4.69, 9.17) is 0 Å². The predicted molar refractivity (Wildman–Crippen MR) is 85.3 cm³/mol. The van der Waals surface area contributed by atoms with Crippen molar-refractivity contribution in [1.29, 1.82) is 0 Å².